The minimum atomic E-state index is -0.00569. The van der Waals surface area contributed by atoms with Crippen LogP contribution in [-0.2, 0) is 4.79 Å². The van der Waals surface area contributed by atoms with Crippen LogP contribution in [0, 0.1) is 0 Å². The van der Waals surface area contributed by atoms with Gasteiger partial charge < -0.3 is 10.4 Å². The van der Waals surface area contributed by atoms with Crippen molar-refractivity contribution in [1.82, 2.24) is 4.90 Å². The van der Waals surface area contributed by atoms with Crippen molar-refractivity contribution in [3.05, 3.63) is 60.2 Å². The SMILES string of the molecule is O=C(CN1CCC(c2ccccc2)CC1)Nc1ccc(O)cc1. The summed E-state index contributed by atoms with van der Waals surface area (Å²) in [5, 5.41) is 12.1. The van der Waals surface area contributed by atoms with Crippen molar-refractivity contribution in [1.29, 1.82) is 0 Å². The molecule has 4 nitrogen and oxygen atoms in total. The lowest BCUT2D eigenvalue weighted by atomic mass is 9.89. The highest BCUT2D eigenvalue weighted by atomic mass is 16.3. The molecule has 0 unspecified atom stereocenters. The van der Waals surface area contributed by atoms with Gasteiger partial charge in [0.05, 0.1) is 6.54 Å². The molecule has 4 heteroatoms. The summed E-state index contributed by atoms with van der Waals surface area (Å²) < 4.78 is 0. The van der Waals surface area contributed by atoms with Crippen LogP contribution in [0.1, 0.15) is 24.3 Å². The number of hydrogen-bond acceptors (Lipinski definition) is 3. The summed E-state index contributed by atoms with van der Waals surface area (Å²) in [6, 6.07) is 17.2. The van der Waals surface area contributed by atoms with Crippen molar-refractivity contribution in [3.63, 3.8) is 0 Å². The monoisotopic (exact) mass is 310 g/mol. The Hall–Kier alpha value is -2.33. The van der Waals surface area contributed by atoms with Gasteiger partial charge in [-0.1, -0.05) is 30.3 Å². The number of nitrogens with zero attached hydrogens (tertiary/aromatic N) is 1. The van der Waals surface area contributed by atoms with E-state index < -0.39 is 0 Å². The second-order valence-electron chi connectivity index (χ2n) is 6.06. The first-order valence-electron chi connectivity index (χ1n) is 8.07. The summed E-state index contributed by atoms with van der Waals surface area (Å²) in [6.45, 7) is 2.31. The molecule has 1 aliphatic heterocycles. The Morgan fingerprint density at radius 2 is 1.70 bits per heavy atom. The van der Waals surface area contributed by atoms with E-state index in [1.54, 1.807) is 24.3 Å². The molecule has 0 saturated carbocycles. The predicted octanol–water partition coefficient (Wildman–Crippen LogP) is 3.21. The lowest BCUT2D eigenvalue weighted by Crippen LogP contribution is -2.38. The predicted molar refractivity (Wildman–Crippen MR) is 91.6 cm³/mol. The molecule has 0 atom stereocenters. The number of carbonyl (C=O) groups excluding carboxylic acids is 1. The summed E-state index contributed by atoms with van der Waals surface area (Å²) in [6.07, 6.45) is 2.19. The molecule has 0 aromatic heterocycles. The van der Waals surface area contributed by atoms with Crippen LogP contribution in [0.3, 0.4) is 0 Å². The maximum absolute atomic E-state index is 12.1. The largest absolute Gasteiger partial charge is 0.508 e. The molecule has 120 valence electrons. The maximum atomic E-state index is 12.1. The average Bonchev–Trinajstić information content (AvgIpc) is 2.58. The van der Waals surface area contributed by atoms with Gasteiger partial charge in [0.2, 0.25) is 5.91 Å². The van der Waals surface area contributed by atoms with Crippen molar-refractivity contribution in [2.45, 2.75) is 18.8 Å². The molecule has 2 aromatic rings. The zero-order valence-electron chi connectivity index (χ0n) is 13.1. The van der Waals surface area contributed by atoms with Crippen LogP contribution >= 0.6 is 0 Å². The number of rotatable bonds is 4. The van der Waals surface area contributed by atoms with Gasteiger partial charge >= 0.3 is 0 Å². The van der Waals surface area contributed by atoms with E-state index in [0.717, 1.165) is 25.9 Å². The molecule has 1 aliphatic rings. The van der Waals surface area contributed by atoms with Crippen molar-refractivity contribution < 1.29 is 9.90 Å². The van der Waals surface area contributed by atoms with Gasteiger partial charge in [0, 0.05) is 5.69 Å². The third-order valence-electron chi connectivity index (χ3n) is 4.38. The molecule has 1 heterocycles. The Morgan fingerprint density at radius 1 is 1.04 bits per heavy atom. The quantitative estimate of drug-likeness (QED) is 0.853. The number of hydrogen-bond donors (Lipinski definition) is 2. The van der Waals surface area contributed by atoms with Gasteiger partial charge in [-0.3, -0.25) is 9.69 Å². The van der Waals surface area contributed by atoms with E-state index in [2.05, 4.69) is 34.5 Å². The number of benzene rings is 2. The number of nitrogens with one attached hydrogen (secondary N) is 1. The highest BCUT2D eigenvalue weighted by molar-refractivity contribution is 5.92. The molecule has 1 amide bonds. The van der Waals surface area contributed by atoms with Crippen LogP contribution in [0.25, 0.3) is 0 Å². The van der Waals surface area contributed by atoms with Gasteiger partial charge in [-0.05, 0) is 61.7 Å². The van der Waals surface area contributed by atoms with Gasteiger partial charge in [-0.2, -0.15) is 0 Å². The topological polar surface area (TPSA) is 52.6 Å². The van der Waals surface area contributed by atoms with E-state index in [9.17, 15) is 9.90 Å². The second kappa shape index (κ2) is 7.29. The zero-order chi connectivity index (χ0) is 16.1. The van der Waals surface area contributed by atoms with E-state index in [-0.39, 0.29) is 11.7 Å². The Kier molecular flexibility index (Phi) is 4.93. The standard InChI is InChI=1S/C19H22N2O2/c22-18-8-6-17(7-9-18)20-19(23)14-21-12-10-16(11-13-21)15-4-2-1-3-5-15/h1-9,16,22H,10-14H2,(H,20,23). The number of phenolic OH excluding ortho intramolecular Hbond substituents is 1. The second-order valence-corrected chi connectivity index (χ2v) is 6.06. The molecule has 2 aromatic carbocycles. The molecule has 0 aliphatic carbocycles. The molecule has 1 fully saturated rings. The lowest BCUT2D eigenvalue weighted by molar-refractivity contribution is -0.117. The van der Waals surface area contributed by atoms with Crippen molar-refractivity contribution >= 4 is 11.6 Å². The smallest absolute Gasteiger partial charge is 0.238 e. The number of piperidine rings is 1. The van der Waals surface area contributed by atoms with Crippen LogP contribution in [0.15, 0.2) is 54.6 Å². The summed E-state index contributed by atoms with van der Waals surface area (Å²) in [4.78, 5) is 14.3. The van der Waals surface area contributed by atoms with Crippen molar-refractivity contribution in [2.24, 2.45) is 0 Å². The third kappa shape index (κ3) is 4.33. The Morgan fingerprint density at radius 3 is 2.35 bits per heavy atom. The maximum Gasteiger partial charge on any atom is 0.238 e. The number of aromatic hydroxyl groups is 1. The summed E-state index contributed by atoms with van der Waals surface area (Å²) >= 11 is 0. The highest BCUT2D eigenvalue weighted by Crippen LogP contribution is 2.27. The third-order valence-corrected chi connectivity index (χ3v) is 4.38. The van der Waals surface area contributed by atoms with Crippen LogP contribution in [0.5, 0.6) is 5.75 Å². The number of amides is 1. The van der Waals surface area contributed by atoms with Crippen LogP contribution < -0.4 is 5.32 Å². The first-order valence-corrected chi connectivity index (χ1v) is 8.07. The van der Waals surface area contributed by atoms with Gasteiger partial charge in [0.15, 0.2) is 0 Å². The van der Waals surface area contributed by atoms with Gasteiger partial charge in [0.25, 0.3) is 0 Å². The number of phenols is 1. The van der Waals surface area contributed by atoms with Crippen molar-refractivity contribution in [3.8, 4) is 5.75 Å². The fraction of sp³-hybridized carbons (Fsp3) is 0.316. The average molecular weight is 310 g/mol. The molecular weight excluding hydrogens is 288 g/mol. The van der Waals surface area contributed by atoms with Crippen molar-refractivity contribution in [2.75, 3.05) is 25.0 Å². The molecule has 2 N–H and O–H groups in total. The van der Waals surface area contributed by atoms with Crippen LogP contribution in [-0.4, -0.2) is 35.5 Å². The van der Waals surface area contributed by atoms with E-state index in [4.69, 9.17) is 0 Å². The summed E-state index contributed by atoms with van der Waals surface area (Å²) in [7, 11) is 0. The Balaban J connectivity index is 1.47. The molecule has 1 saturated heterocycles. The molecule has 0 bridgehead atoms. The first-order chi connectivity index (χ1) is 11.2. The van der Waals surface area contributed by atoms with Crippen LogP contribution in [0.4, 0.5) is 5.69 Å². The Labute approximate surface area is 136 Å². The highest BCUT2D eigenvalue weighted by Gasteiger charge is 2.21. The number of carbonyl (C=O) groups is 1. The molecule has 0 spiro atoms. The minimum absolute atomic E-state index is 0.00569. The summed E-state index contributed by atoms with van der Waals surface area (Å²) in [5.74, 6) is 0.799. The van der Waals surface area contributed by atoms with E-state index in [0.29, 0.717) is 18.2 Å². The Bertz CT molecular complexity index is 632. The molecule has 23 heavy (non-hydrogen) atoms. The van der Waals surface area contributed by atoms with Gasteiger partial charge in [0.1, 0.15) is 5.75 Å². The lowest BCUT2D eigenvalue weighted by Gasteiger charge is -2.31. The number of anilines is 1. The number of likely N-dealkylation sites (tertiary alicyclic amines) is 1. The summed E-state index contributed by atoms with van der Waals surface area (Å²) in [5.41, 5.74) is 2.12. The van der Waals surface area contributed by atoms with Crippen LogP contribution in [0.2, 0.25) is 0 Å². The normalized spacial score (nSPS) is 16.2. The van der Waals surface area contributed by atoms with E-state index in [1.165, 1.54) is 5.56 Å². The molecule has 0 radical (unpaired) electrons. The molecule has 3 rings (SSSR count). The van der Waals surface area contributed by atoms with Gasteiger partial charge in [-0.25, -0.2) is 0 Å². The minimum Gasteiger partial charge on any atom is -0.508 e. The fourth-order valence-corrected chi connectivity index (χ4v) is 3.10. The first kappa shape index (κ1) is 15.6. The fourth-order valence-electron chi connectivity index (χ4n) is 3.10. The van der Waals surface area contributed by atoms with E-state index >= 15 is 0 Å². The zero-order valence-corrected chi connectivity index (χ0v) is 13.1. The molecular formula is C19H22N2O2. The van der Waals surface area contributed by atoms with Gasteiger partial charge in [-0.15, -0.1) is 0 Å². The van der Waals surface area contributed by atoms with E-state index in [1.807, 2.05) is 6.07 Å².